The molecule has 0 saturated carbocycles. The van der Waals surface area contributed by atoms with Crippen molar-refractivity contribution in [2.24, 2.45) is 0 Å². The lowest BCUT2D eigenvalue weighted by Crippen LogP contribution is -2.68. The van der Waals surface area contributed by atoms with Crippen molar-refractivity contribution in [3.8, 4) is 0 Å². The van der Waals surface area contributed by atoms with Crippen molar-refractivity contribution in [2.75, 3.05) is 46.1 Å². The smallest absolute Gasteiger partial charge is 0.456 e. The van der Waals surface area contributed by atoms with Gasteiger partial charge in [-0.3, -0.25) is 42.6 Å². The second kappa shape index (κ2) is 57.6. The standard InChI is InChI=1S/C70H131N5O23P2/c1-5-9-13-17-20-23-24-27-30-34-39-45-60(81)75-64-68(97-62(83)51-73-58(79)44-38-33-29-26-22-19-15-11-7-3)66(98-100(88,89)90)54(52-76)94-70(64)92-53-55-65(84)67(96-61(82)50-72-57(78)43-37-32-28-25-21-18-14-10-6-2)63(69(95-55)91-48-49-93-99(85,86)87)74-59(80)46-40-35-41-47-71-56(77)42-36-31-16-12-8-4/h54-55,63-70,76,84H,5-53H2,1-4H3,(H,71,77)(H,72,78)(H,73,79)(H,74,80)(H,75,81)(H2,85,86,87)(H2,88,89,90)/t54-,55-,63-,64-,65-,66-,67-,68-,69+,70-/m1/s1. The molecule has 5 amide bonds. The lowest BCUT2D eigenvalue weighted by atomic mass is 9.95. The second-order valence-corrected chi connectivity index (χ2v) is 29.2. The number of unbranched alkanes of at least 4 members (excludes halogenated alkanes) is 32. The van der Waals surface area contributed by atoms with E-state index in [-0.39, 0.29) is 31.6 Å². The number of ether oxygens (including phenoxy) is 6. The molecule has 30 heteroatoms. The van der Waals surface area contributed by atoms with Gasteiger partial charge in [0.25, 0.3) is 0 Å². The monoisotopic (exact) mass is 1470 g/mol. The molecule has 0 aromatic rings. The average Bonchev–Trinajstić information content (AvgIpc) is 0.785. The highest BCUT2D eigenvalue weighted by atomic mass is 31.2. The summed E-state index contributed by atoms with van der Waals surface area (Å²) in [5.41, 5.74) is 0. The normalized spacial score (nSPS) is 20.9. The van der Waals surface area contributed by atoms with Gasteiger partial charge < -0.3 is 84.8 Å². The largest absolute Gasteiger partial charge is 0.470 e. The predicted molar refractivity (Wildman–Crippen MR) is 376 cm³/mol. The predicted octanol–water partition coefficient (Wildman–Crippen LogP) is 10.0. The Balaban J connectivity index is 2.53. The molecular formula is C70H131N5O23P2. The van der Waals surface area contributed by atoms with E-state index in [9.17, 15) is 72.5 Å². The SMILES string of the molecule is CCCCCCCCCCCCCC(=O)N[C@H]1[C@H](OC[C@H]2O[C@H](OCCOP(=O)(O)O)[C@H](NC(=O)CCCCCNC(=O)CCCCCCC)[C@@H](OC(=O)CNC(=O)CCCCCCCCCCC)[C@@H]2O)O[C@H](CO)[C@@H](OP(=O)(O)O)[C@@H]1OC(=O)CNC(=O)CCCCCCCCCCC. The molecule has 2 fully saturated rings. The third kappa shape index (κ3) is 46.2. The summed E-state index contributed by atoms with van der Waals surface area (Å²) in [6.45, 7) is 4.33. The molecule has 0 unspecified atom stereocenters. The molecule has 2 aliphatic rings. The van der Waals surface area contributed by atoms with Crippen molar-refractivity contribution in [3.05, 3.63) is 0 Å². The van der Waals surface area contributed by atoms with Crippen LogP contribution in [0.15, 0.2) is 0 Å². The summed E-state index contributed by atoms with van der Waals surface area (Å²) in [5.74, 6) is -4.47. The fraction of sp³-hybridized carbons (Fsp3) is 0.900. The van der Waals surface area contributed by atoms with E-state index in [4.69, 9.17) is 32.9 Å². The summed E-state index contributed by atoms with van der Waals surface area (Å²) in [6.07, 6.45) is 21.1. The highest BCUT2D eigenvalue weighted by Gasteiger charge is 2.54. The molecule has 0 bridgehead atoms. The van der Waals surface area contributed by atoms with Crippen molar-refractivity contribution in [3.63, 3.8) is 0 Å². The van der Waals surface area contributed by atoms with E-state index < -0.39 is 152 Å². The maximum absolute atomic E-state index is 14.1. The number of rotatable bonds is 63. The Morgan fingerprint density at radius 1 is 0.390 bits per heavy atom. The quantitative estimate of drug-likeness (QED) is 0.0153. The van der Waals surface area contributed by atoms with Crippen LogP contribution in [-0.4, -0.2) is 179 Å². The number of amides is 5. The Hall–Kier alpha value is -3.73. The number of aliphatic hydroxyl groups excluding tert-OH is 2. The molecule has 2 rings (SSSR count). The zero-order valence-electron chi connectivity index (χ0n) is 60.9. The van der Waals surface area contributed by atoms with E-state index in [0.29, 0.717) is 57.9 Å². The van der Waals surface area contributed by atoms with E-state index in [1.165, 1.54) is 44.9 Å². The van der Waals surface area contributed by atoms with Gasteiger partial charge in [-0.05, 0) is 38.5 Å². The summed E-state index contributed by atoms with van der Waals surface area (Å²) < 4.78 is 70.5. The number of phosphoric acid groups is 2. The fourth-order valence-corrected chi connectivity index (χ4v) is 13.0. The van der Waals surface area contributed by atoms with Gasteiger partial charge in [0.2, 0.25) is 29.5 Å². The molecule has 100 heavy (non-hydrogen) atoms. The minimum Gasteiger partial charge on any atom is -0.456 e. The number of hydrogen-bond acceptors (Lipinski definition) is 19. The molecule has 10 atom stereocenters. The summed E-state index contributed by atoms with van der Waals surface area (Å²) in [7, 11) is -10.6. The molecule has 0 aromatic heterocycles. The second-order valence-electron chi connectivity index (χ2n) is 26.8. The summed E-state index contributed by atoms with van der Waals surface area (Å²) in [5, 5.41) is 36.5. The topological polar surface area (TPSA) is 409 Å². The third-order valence-electron chi connectivity index (χ3n) is 17.8. The Morgan fingerprint density at radius 2 is 0.730 bits per heavy atom. The fourth-order valence-electron chi connectivity index (χ4n) is 12.1. The van der Waals surface area contributed by atoms with Crippen LogP contribution in [0.1, 0.15) is 297 Å². The van der Waals surface area contributed by atoms with Gasteiger partial charge in [0.1, 0.15) is 49.6 Å². The summed E-state index contributed by atoms with van der Waals surface area (Å²) >= 11 is 0. The molecule has 0 spiro atoms. The third-order valence-corrected chi connectivity index (χ3v) is 18.8. The summed E-state index contributed by atoms with van der Waals surface area (Å²) in [4.78, 5) is 134. The zero-order chi connectivity index (χ0) is 73.7. The Morgan fingerprint density at radius 3 is 1.12 bits per heavy atom. The molecule has 0 aliphatic carbocycles. The van der Waals surface area contributed by atoms with Crippen LogP contribution in [0.5, 0.6) is 0 Å². The molecule has 0 radical (unpaired) electrons. The molecular weight excluding hydrogens is 1340 g/mol. The van der Waals surface area contributed by atoms with E-state index >= 15 is 0 Å². The van der Waals surface area contributed by atoms with Gasteiger partial charge in [0.05, 0.1) is 26.4 Å². The van der Waals surface area contributed by atoms with Gasteiger partial charge in [-0.15, -0.1) is 0 Å². The lowest BCUT2D eigenvalue weighted by Gasteiger charge is -2.47. The van der Waals surface area contributed by atoms with Crippen LogP contribution in [0.3, 0.4) is 0 Å². The summed E-state index contributed by atoms with van der Waals surface area (Å²) in [6, 6.07) is -3.31. The minimum absolute atomic E-state index is 0.0637. The van der Waals surface area contributed by atoms with Crippen molar-refractivity contribution in [1.82, 2.24) is 26.6 Å². The maximum Gasteiger partial charge on any atom is 0.470 e. The first kappa shape index (κ1) is 92.4. The number of esters is 2. The van der Waals surface area contributed by atoms with Crippen molar-refractivity contribution >= 4 is 57.1 Å². The molecule has 2 heterocycles. The number of hydrogen-bond donors (Lipinski definition) is 11. The molecule has 28 nitrogen and oxygen atoms in total. The first-order valence-electron chi connectivity index (χ1n) is 38.1. The first-order chi connectivity index (χ1) is 48.1. The highest BCUT2D eigenvalue weighted by molar-refractivity contribution is 7.46. The van der Waals surface area contributed by atoms with Gasteiger partial charge in [0, 0.05) is 38.6 Å². The number of phosphoric ester groups is 2. The average molecular weight is 1470 g/mol. The maximum atomic E-state index is 14.1. The van der Waals surface area contributed by atoms with Crippen molar-refractivity contribution in [1.29, 1.82) is 0 Å². The van der Waals surface area contributed by atoms with Crippen LogP contribution >= 0.6 is 15.6 Å². The van der Waals surface area contributed by atoms with Crippen molar-refractivity contribution in [2.45, 2.75) is 359 Å². The van der Waals surface area contributed by atoms with Crippen LogP contribution in [0.4, 0.5) is 0 Å². The van der Waals surface area contributed by atoms with E-state index in [2.05, 4.69) is 58.8 Å². The van der Waals surface area contributed by atoms with Gasteiger partial charge in [-0.2, -0.15) is 0 Å². The van der Waals surface area contributed by atoms with Crippen LogP contribution in [0.25, 0.3) is 0 Å². The van der Waals surface area contributed by atoms with Gasteiger partial charge in [-0.1, -0.05) is 227 Å². The number of carbonyl (C=O) groups is 7. The molecule has 584 valence electrons. The number of carbonyl (C=O) groups excluding carboxylic acids is 7. The van der Waals surface area contributed by atoms with Crippen LogP contribution in [0.2, 0.25) is 0 Å². The molecule has 0 aromatic carbocycles. The lowest BCUT2D eigenvalue weighted by molar-refractivity contribution is -0.304. The van der Waals surface area contributed by atoms with Crippen LogP contribution in [0, 0.1) is 0 Å². The molecule has 2 saturated heterocycles. The Kier molecular flexibility index (Phi) is 53.2. The number of nitrogens with one attached hydrogen (secondary N) is 5. The van der Waals surface area contributed by atoms with Crippen molar-refractivity contribution < 1.29 is 110 Å². The Labute approximate surface area is 596 Å². The molecule has 2 aliphatic heterocycles. The Bertz CT molecular complexity index is 2300. The van der Waals surface area contributed by atoms with Gasteiger partial charge in [0.15, 0.2) is 24.8 Å². The first-order valence-corrected chi connectivity index (χ1v) is 41.2. The van der Waals surface area contributed by atoms with Crippen LogP contribution in [-0.2, 0) is 80.2 Å². The number of aliphatic hydroxyl groups is 2. The van der Waals surface area contributed by atoms with Gasteiger partial charge in [-0.25, -0.2) is 9.13 Å². The molecule has 11 N–H and O–H groups in total. The van der Waals surface area contributed by atoms with E-state index in [0.717, 1.165) is 148 Å². The zero-order valence-corrected chi connectivity index (χ0v) is 62.7. The van der Waals surface area contributed by atoms with Crippen LogP contribution < -0.4 is 26.6 Å². The minimum atomic E-state index is -5.53. The van der Waals surface area contributed by atoms with Gasteiger partial charge >= 0.3 is 27.6 Å². The highest BCUT2D eigenvalue weighted by Crippen LogP contribution is 2.43. The van der Waals surface area contributed by atoms with E-state index in [1.54, 1.807) is 0 Å². The van der Waals surface area contributed by atoms with E-state index in [1.807, 2.05) is 0 Å².